The first-order chi connectivity index (χ1) is 20.9. The average Bonchev–Trinajstić information content (AvgIpc) is 3.33. The Kier molecular flexibility index (Phi) is 11.7. The normalized spacial score (nSPS) is 11.0. The third-order valence-electron chi connectivity index (χ3n) is 7.92. The second kappa shape index (κ2) is 15.8. The zero-order valence-corrected chi connectivity index (χ0v) is 26.0. The highest BCUT2D eigenvalue weighted by atomic mass is 16.5. The zero-order valence-electron chi connectivity index (χ0n) is 26.0. The number of ether oxygens (including phenoxy) is 2. The number of aromatic nitrogens is 1. The van der Waals surface area contributed by atoms with Crippen LogP contribution in [-0.2, 0) is 22.6 Å². The van der Waals surface area contributed by atoms with E-state index in [1.807, 2.05) is 66.5 Å². The first-order valence-electron chi connectivity index (χ1n) is 15.3. The molecule has 4 aromatic rings. The molecule has 7 heteroatoms. The molecular weight excluding hydrogens is 538 g/mol. The van der Waals surface area contributed by atoms with E-state index >= 15 is 0 Å². The van der Waals surface area contributed by atoms with Crippen LogP contribution < -0.4 is 14.8 Å². The van der Waals surface area contributed by atoms with Crippen LogP contribution in [0.1, 0.15) is 56.6 Å². The predicted molar refractivity (Wildman–Crippen MR) is 174 cm³/mol. The van der Waals surface area contributed by atoms with Crippen molar-refractivity contribution in [1.29, 1.82) is 0 Å². The van der Waals surface area contributed by atoms with Crippen molar-refractivity contribution in [3.8, 4) is 22.8 Å². The average molecular weight is 584 g/mol. The van der Waals surface area contributed by atoms with E-state index in [0.717, 1.165) is 77.9 Å². The highest BCUT2D eigenvalue weighted by molar-refractivity contribution is 5.96. The number of benzene rings is 3. The van der Waals surface area contributed by atoms with Gasteiger partial charge in [0.2, 0.25) is 11.8 Å². The Morgan fingerprint density at radius 3 is 2.28 bits per heavy atom. The maximum Gasteiger partial charge on any atom is 0.224 e. The lowest BCUT2D eigenvalue weighted by atomic mass is 10.0. The number of nitrogens with one attached hydrogen (secondary N) is 1. The predicted octanol–water partition coefficient (Wildman–Crippen LogP) is 6.85. The van der Waals surface area contributed by atoms with Gasteiger partial charge in [-0.15, -0.1) is 0 Å². The molecular formula is C36H45N3O4. The molecule has 0 unspecified atom stereocenters. The van der Waals surface area contributed by atoms with Crippen LogP contribution in [0.4, 0.5) is 0 Å². The summed E-state index contributed by atoms with van der Waals surface area (Å²) in [6.45, 7) is 4.20. The van der Waals surface area contributed by atoms with Crippen molar-refractivity contribution in [2.45, 2.75) is 58.4 Å². The fraction of sp³-hybridized carbons (Fsp3) is 0.389. The van der Waals surface area contributed by atoms with Gasteiger partial charge in [0.05, 0.1) is 26.3 Å². The van der Waals surface area contributed by atoms with E-state index in [1.165, 1.54) is 5.56 Å². The quantitative estimate of drug-likeness (QED) is 0.146. The van der Waals surface area contributed by atoms with Crippen molar-refractivity contribution < 1.29 is 19.1 Å². The van der Waals surface area contributed by atoms with Gasteiger partial charge in [0, 0.05) is 44.0 Å². The van der Waals surface area contributed by atoms with Crippen LogP contribution in [0.15, 0.2) is 72.8 Å². The van der Waals surface area contributed by atoms with Crippen molar-refractivity contribution in [1.82, 2.24) is 14.8 Å². The Morgan fingerprint density at radius 1 is 0.860 bits per heavy atom. The number of unbranched alkanes of at least 4 members (excludes halogenated alkanes) is 3. The molecule has 1 N–H and O–H groups in total. The summed E-state index contributed by atoms with van der Waals surface area (Å²) >= 11 is 0. The number of hydrogen-bond acceptors (Lipinski definition) is 4. The summed E-state index contributed by atoms with van der Waals surface area (Å²) in [4.78, 5) is 27.5. The molecule has 4 rings (SSSR count). The summed E-state index contributed by atoms with van der Waals surface area (Å²) in [6, 6.07) is 24.4. The highest BCUT2D eigenvalue weighted by Gasteiger charge is 2.22. The van der Waals surface area contributed by atoms with Crippen LogP contribution in [0.2, 0.25) is 0 Å². The minimum absolute atomic E-state index is 0.0216. The fourth-order valence-electron chi connectivity index (χ4n) is 5.46. The first-order valence-corrected chi connectivity index (χ1v) is 15.3. The summed E-state index contributed by atoms with van der Waals surface area (Å²) in [6.07, 6.45) is 5.49. The molecule has 43 heavy (non-hydrogen) atoms. The van der Waals surface area contributed by atoms with E-state index in [-0.39, 0.29) is 18.2 Å². The van der Waals surface area contributed by atoms with Gasteiger partial charge in [-0.3, -0.25) is 9.59 Å². The second-order valence-corrected chi connectivity index (χ2v) is 11.0. The van der Waals surface area contributed by atoms with Crippen LogP contribution in [0.3, 0.4) is 0 Å². The molecule has 0 aliphatic carbocycles. The topological polar surface area (TPSA) is 72.8 Å². The van der Waals surface area contributed by atoms with Crippen molar-refractivity contribution >= 4 is 22.7 Å². The molecule has 0 fully saturated rings. The van der Waals surface area contributed by atoms with Gasteiger partial charge < -0.3 is 24.3 Å². The largest absolute Gasteiger partial charge is 0.497 e. The lowest BCUT2D eigenvalue weighted by molar-refractivity contribution is -0.130. The van der Waals surface area contributed by atoms with E-state index < -0.39 is 0 Å². The maximum absolute atomic E-state index is 13.4. The number of fused-ring (bicyclic) bond motifs is 1. The molecule has 0 saturated heterocycles. The number of methoxy groups -OCH3 is 2. The first kappa shape index (κ1) is 31.7. The Labute approximate surface area is 255 Å². The number of nitrogens with zero attached hydrogens (tertiary/aromatic N) is 2. The Hall–Kier alpha value is -4.26. The van der Waals surface area contributed by atoms with E-state index in [4.69, 9.17) is 9.47 Å². The van der Waals surface area contributed by atoms with Crippen LogP contribution in [0, 0.1) is 0 Å². The van der Waals surface area contributed by atoms with Crippen molar-refractivity contribution in [2.75, 3.05) is 34.4 Å². The van der Waals surface area contributed by atoms with Crippen LogP contribution in [0.25, 0.3) is 22.2 Å². The standard InChI is InChI=1S/C36H45N3O4/c1-5-6-23-38(2)35(41)15-11-8-12-22-37-34(40)25-32-31-24-30(43-4)20-21-33(31)39(26-27-13-9-7-10-14-27)36(32)28-16-18-29(42-3)19-17-28/h7,9-10,13-14,16-21,24H,5-6,8,11-12,15,22-23,25-26H2,1-4H3,(H,37,40). The third kappa shape index (κ3) is 8.40. The van der Waals surface area contributed by atoms with Crippen molar-refractivity contribution in [2.24, 2.45) is 0 Å². The van der Waals surface area contributed by atoms with Gasteiger partial charge >= 0.3 is 0 Å². The summed E-state index contributed by atoms with van der Waals surface area (Å²) in [5.74, 6) is 1.71. The number of rotatable bonds is 16. The van der Waals surface area contributed by atoms with Gasteiger partial charge in [0.25, 0.3) is 0 Å². The molecule has 2 amide bonds. The number of amides is 2. The highest BCUT2D eigenvalue weighted by Crippen LogP contribution is 2.37. The molecule has 0 bridgehead atoms. The Balaban J connectivity index is 1.53. The molecule has 0 radical (unpaired) electrons. The summed E-state index contributed by atoms with van der Waals surface area (Å²) in [5.41, 5.74) is 5.22. The van der Waals surface area contributed by atoms with Crippen molar-refractivity contribution in [3.63, 3.8) is 0 Å². The molecule has 0 aliphatic heterocycles. The van der Waals surface area contributed by atoms with E-state index in [1.54, 1.807) is 14.2 Å². The SMILES string of the molecule is CCCCN(C)C(=O)CCCCCNC(=O)Cc1c(-c2ccc(OC)cc2)n(Cc2ccccc2)c2ccc(OC)cc12. The van der Waals surface area contributed by atoms with Crippen LogP contribution >= 0.6 is 0 Å². The number of carbonyl (C=O) groups excluding carboxylic acids is 2. The summed E-state index contributed by atoms with van der Waals surface area (Å²) in [5, 5.41) is 4.13. The summed E-state index contributed by atoms with van der Waals surface area (Å²) < 4.78 is 13.3. The van der Waals surface area contributed by atoms with Crippen LogP contribution in [-0.4, -0.2) is 55.6 Å². The van der Waals surface area contributed by atoms with Gasteiger partial charge in [0.15, 0.2) is 0 Å². The van der Waals surface area contributed by atoms with E-state index in [2.05, 4.69) is 35.0 Å². The van der Waals surface area contributed by atoms with Crippen molar-refractivity contribution in [3.05, 3.63) is 83.9 Å². The number of carbonyl (C=O) groups is 2. The number of hydrogen-bond donors (Lipinski definition) is 1. The fourth-order valence-corrected chi connectivity index (χ4v) is 5.46. The van der Waals surface area contributed by atoms with E-state index in [0.29, 0.717) is 19.5 Å². The summed E-state index contributed by atoms with van der Waals surface area (Å²) in [7, 11) is 5.20. The molecule has 1 heterocycles. The maximum atomic E-state index is 13.4. The Bertz CT molecular complexity index is 1480. The lowest BCUT2D eigenvalue weighted by Crippen LogP contribution is -2.27. The molecule has 228 valence electrons. The molecule has 7 nitrogen and oxygen atoms in total. The van der Waals surface area contributed by atoms with Gasteiger partial charge in [-0.25, -0.2) is 0 Å². The smallest absolute Gasteiger partial charge is 0.224 e. The third-order valence-corrected chi connectivity index (χ3v) is 7.92. The molecule has 3 aromatic carbocycles. The zero-order chi connectivity index (χ0) is 30.6. The molecule has 0 atom stereocenters. The van der Waals surface area contributed by atoms with Crippen LogP contribution in [0.5, 0.6) is 11.5 Å². The molecule has 0 aliphatic rings. The molecule has 1 aromatic heterocycles. The molecule has 0 spiro atoms. The van der Waals surface area contributed by atoms with Gasteiger partial charge in [-0.2, -0.15) is 0 Å². The monoisotopic (exact) mass is 583 g/mol. The van der Waals surface area contributed by atoms with Gasteiger partial charge in [-0.05, 0) is 78.4 Å². The van der Waals surface area contributed by atoms with Gasteiger partial charge in [-0.1, -0.05) is 50.1 Å². The lowest BCUT2D eigenvalue weighted by Gasteiger charge is -2.16. The second-order valence-electron chi connectivity index (χ2n) is 11.0. The van der Waals surface area contributed by atoms with Gasteiger partial charge in [0.1, 0.15) is 11.5 Å². The van der Waals surface area contributed by atoms with E-state index in [9.17, 15) is 9.59 Å². The molecule has 0 saturated carbocycles. The Morgan fingerprint density at radius 2 is 1.58 bits per heavy atom. The minimum atomic E-state index is -0.0216. The minimum Gasteiger partial charge on any atom is -0.497 e.